The number of H-pyrrole nitrogens is 1. The van der Waals surface area contributed by atoms with Gasteiger partial charge in [-0.3, -0.25) is 4.98 Å². The third-order valence-corrected chi connectivity index (χ3v) is 2.40. The van der Waals surface area contributed by atoms with Crippen molar-refractivity contribution in [2.24, 2.45) is 0 Å². The van der Waals surface area contributed by atoms with E-state index in [9.17, 15) is 4.79 Å². The van der Waals surface area contributed by atoms with Crippen LogP contribution in [-0.2, 0) is 6.54 Å². The van der Waals surface area contributed by atoms with Crippen LogP contribution in [0.3, 0.4) is 0 Å². The largest absolute Gasteiger partial charge is 0.493 e. The summed E-state index contributed by atoms with van der Waals surface area (Å²) in [4.78, 5) is 13.8. The van der Waals surface area contributed by atoms with Crippen molar-refractivity contribution in [2.45, 2.75) is 6.54 Å². The smallest absolute Gasteiger partial charge is 0.343 e. The van der Waals surface area contributed by atoms with E-state index in [1.165, 1.54) is 11.0 Å². The third kappa shape index (κ3) is 2.30. The second-order valence-corrected chi connectivity index (χ2v) is 3.44. The van der Waals surface area contributed by atoms with Gasteiger partial charge in [0, 0.05) is 0 Å². The number of benzene rings is 1. The molecule has 0 bridgehead atoms. The Balaban J connectivity index is 2.28. The molecular formula is C11H13N3O3. The highest BCUT2D eigenvalue weighted by Crippen LogP contribution is 2.27. The number of methoxy groups -OCH3 is 2. The first kappa shape index (κ1) is 11.3. The molecule has 0 saturated carbocycles. The first-order valence-corrected chi connectivity index (χ1v) is 5.06. The molecule has 0 atom stereocenters. The SMILES string of the molecule is COc1ccc(Cn2nc[nH]c2=O)cc1OC. The maximum atomic E-state index is 11.3. The average Bonchev–Trinajstić information content (AvgIpc) is 2.75. The number of rotatable bonds is 4. The lowest BCUT2D eigenvalue weighted by atomic mass is 10.2. The first-order chi connectivity index (χ1) is 8.24. The zero-order valence-corrected chi connectivity index (χ0v) is 9.64. The summed E-state index contributed by atoms with van der Waals surface area (Å²) in [6.45, 7) is 0.392. The molecule has 1 N–H and O–H groups in total. The van der Waals surface area contributed by atoms with Crippen LogP contribution in [0.1, 0.15) is 5.56 Å². The molecule has 1 aromatic heterocycles. The van der Waals surface area contributed by atoms with E-state index in [1.54, 1.807) is 20.3 Å². The summed E-state index contributed by atoms with van der Waals surface area (Å²) in [5.41, 5.74) is 0.677. The molecule has 17 heavy (non-hydrogen) atoms. The normalized spacial score (nSPS) is 10.2. The van der Waals surface area contributed by atoms with E-state index in [-0.39, 0.29) is 5.69 Å². The summed E-state index contributed by atoms with van der Waals surface area (Å²) < 4.78 is 11.7. The predicted octanol–water partition coefficient (Wildman–Crippen LogP) is 0.637. The van der Waals surface area contributed by atoms with Gasteiger partial charge in [0.15, 0.2) is 11.5 Å². The van der Waals surface area contributed by atoms with Gasteiger partial charge in [-0.25, -0.2) is 9.48 Å². The van der Waals surface area contributed by atoms with Gasteiger partial charge in [-0.2, -0.15) is 5.10 Å². The second kappa shape index (κ2) is 4.73. The van der Waals surface area contributed by atoms with Crippen LogP contribution < -0.4 is 15.2 Å². The van der Waals surface area contributed by atoms with E-state index in [1.807, 2.05) is 12.1 Å². The van der Waals surface area contributed by atoms with Crippen molar-refractivity contribution in [2.75, 3.05) is 14.2 Å². The van der Waals surface area contributed by atoms with Crippen molar-refractivity contribution in [3.05, 3.63) is 40.6 Å². The van der Waals surface area contributed by atoms with Crippen LogP contribution in [0.5, 0.6) is 11.5 Å². The van der Waals surface area contributed by atoms with Crippen LogP contribution in [-0.4, -0.2) is 29.0 Å². The molecule has 2 rings (SSSR count). The Kier molecular flexibility index (Phi) is 3.13. The molecule has 6 heteroatoms. The van der Waals surface area contributed by atoms with Crippen molar-refractivity contribution in [1.29, 1.82) is 0 Å². The van der Waals surface area contributed by atoms with E-state index < -0.39 is 0 Å². The second-order valence-electron chi connectivity index (χ2n) is 3.44. The molecule has 2 aromatic rings. The van der Waals surface area contributed by atoms with Crippen LogP contribution in [0, 0.1) is 0 Å². The van der Waals surface area contributed by atoms with Gasteiger partial charge in [0.05, 0.1) is 20.8 Å². The molecule has 1 heterocycles. The molecule has 0 aliphatic carbocycles. The summed E-state index contributed by atoms with van der Waals surface area (Å²) in [5, 5.41) is 3.89. The highest BCUT2D eigenvalue weighted by atomic mass is 16.5. The van der Waals surface area contributed by atoms with Gasteiger partial charge in [-0.15, -0.1) is 0 Å². The van der Waals surface area contributed by atoms with Gasteiger partial charge < -0.3 is 9.47 Å². The highest BCUT2D eigenvalue weighted by molar-refractivity contribution is 5.42. The van der Waals surface area contributed by atoms with E-state index in [2.05, 4.69) is 10.1 Å². The minimum absolute atomic E-state index is 0.236. The van der Waals surface area contributed by atoms with Gasteiger partial charge >= 0.3 is 5.69 Å². The van der Waals surface area contributed by atoms with Gasteiger partial charge in [-0.1, -0.05) is 6.07 Å². The van der Waals surface area contributed by atoms with Crippen LogP contribution >= 0.6 is 0 Å². The average molecular weight is 235 g/mol. The number of ether oxygens (including phenoxy) is 2. The van der Waals surface area contributed by atoms with E-state index in [0.717, 1.165) is 5.56 Å². The van der Waals surface area contributed by atoms with Gasteiger partial charge in [0.2, 0.25) is 0 Å². The number of aromatic nitrogens is 3. The lowest BCUT2D eigenvalue weighted by Gasteiger charge is -2.09. The minimum Gasteiger partial charge on any atom is -0.493 e. The molecule has 0 amide bonds. The van der Waals surface area contributed by atoms with Crippen molar-refractivity contribution in [3.8, 4) is 11.5 Å². The quantitative estimate of drug-likeness (QED) is 0.844. The number of hydrogen-bond donors (Lipinski definition) is 1. The molecular weight excluding hydrogens is 222 g/mol. The molecule has 0 radical (unpaired) electrons. The zero-order valence-electron chi connectivity index (χ0n) is 9.64. The predicted molar refractivity (Wildman–Crippen MR) is 61.5 cm³/mol. The Hall–Kier alpha value is -2.24. The number of nitrogens with one attached hydrogen (secondary N) is 1. The number of nitrogens with zero attached hydrogens (tertiary/aromatic N) is 2. The van der Waals surface area contributed by atoms with Crippen LogP contribution in [0.2, 0.25) is 0 Å². The molecule has 0 spiro atoms. The molecule has 0 aliphatic heterocycles. The van der Waals surface area contributed by atoms with Crippen molar-refractivity contribution >= 4 is 0 Å². The summed E-state index contributed by atoms with van der Waals surface area (Å²) in [7, 11) is 3.15. The molecule has 0 fully saturated rings. The van der Waals surface area contributed by atoms with Crippen LogP contribution in [0.25, 0.3) is 0 Å². The molecule has 90 valence electrons. The summed E-state index contributed by atoms with van der Waals surface area (Å²) >= 11 is 0. The third-order valence-electron chi connectivity index (χ3n) is 2.40. The molecule has 0 aliphatic rings. The number of hydrogen-bond acceptors (Lipinski definition) is 4. The van der Waals surface area contributed by atoms with E-state index in [4.69, 9.17) is 9.47 Å². The minimum atomic E-state index is -0.236. The van der Waals surface area contributed by atoms with Gasteiger partial charge in [0.1, 0.15) is 6.33 Å². The van der Waals surface area contributed by atoms with Crippen molar-refractivity contribution in [3.63, 3.8) is 0 Å². The number of aromatic amines is 1. The Morgan fingerprint density at radius 1 is 1.29 bits per heavy atom. The standard InChI is InChI=1S/C11H13N3O3/c1-16-9-4-3-8(5-10(9)17-2)6-14-11(15)12-7-13-14/h3-5,7H,6H2,1-2H3,(H,12,13,15). The van der Waals surface area contributed by atoms with Crippen molar-refractivity contribution in [1.82, 2.24) is 14.8 Å². The zero-order chi connectivity index (χ0) is 12.3. The Morgan fingerprint density at radius 2 is 2.06 bits per heavy atom. The maximum absolute atomic E-state index is 11.3. The lowest BCUT2D eigenvalue weighted by Crippen LogP contribution is -2.18. The summed E-state index contributed by atoms with van der Waals surface area (Å²) in [6, 6.07) is 5.48. The summed E-state index contributed by atoms with van der Waals surface area (Å²) in [6.07, 6.45) is 1.36. The summed E-state index contributed by atoms with van der Waals surface area (Å²) in [5.74, 6) is 1.29. The molecule has 0 unspecified atom stereocenters. The Labute approximate surface area is 97.8 Å². The Bertz CT molecular complexity index is 559. The fourth-order valence-electron chi connectivity index (χ4n) is 1.55. The molecule has 1 aromatic carbocycles. The van der Waals surface area contributed by atoms with Crippen LogP contribution in [0.15, 0.2) is 29.3 Å². The molecule has 0 saturated heterocycles. The van der Waals surface area contributed by atoms with Crippen LogP contribution in [0.4, 0.5) is 0 Å². The van der Waals surface area contributed by atoms with Gasteiger partial charge in [0.25, 0.3) is 0 Å². The van der Waals surface area contributed by atoms with Crippen molar-refractivity contribution < 1.29 is 9.47 Å². The highest BCUT2D eigenvalue weighted by Gasteiger charge is 2.06. The van der Waals surface area contributed by atoms with E-state index >= 15 is 0 Å². The van der Waals surface area contributed by atoms with Gasteiger partial charge in [-0.05, 0) is 17.7 Å². The maximum Gasteiger partial charge on any atom is 0.343 e. The molecule has 6 nitrogen and oxygen atoms in total. The first-order valence-electron chi connectivity index (χ1n) is 5.06. The fourth-order valence-corrected chi connectivity index (χ4v) is 1.55. The Morgan fingerprint density at radius 3 is 2.65 bits per heavy atom. The van der Waals surface area contributed by atoms with E-state index in [0.29, 0.717) is 18.0 Å². The lowest BCUT2D eigenvalue weighted by molar-refractivity contribution is 0.354. The topological polar surface area (TPSA) is 69.1 Å². The fraction of sp³-hybridized carbons (Fsp3) is 0.273. The monoisotopic (exact) mass is 235 g/mol.